The third kappa shape index (κ3) is 15.1. The van der Waals surface area contributed by atoms with Gasteiger partial charge in [0.05, 0.1) is 42.9 Å². The number of carboxylic acids is 1. The molecule has 1 heterocycles. The molecule has 1 aromatic carbocycles. The van der Waals surface area contributed by atoms with Gasteiger partial charge in [-0.2, -0.15) is 0 Å². The zero-order chi connectivity index (χ0) is 33.5. The number of hydrogen-bond acceptors (Lipinski definition) is 11. The van der Waals surface area contributed by atoms with Crippen LogP contribution < -0.4 is 37.8 Å². The van der Waals surface area contributed by atoms with Gasteiger partial charge in [-0.05, 0) is 30.2 Å². The summed E-state index contributed by atoms with van der Waals surface area (Å²) in [4.78, 5) is 19.4. The Kier molecular flexibility index (Phi) is 16.8. The van der Waals surface area contributed by atoms with E-state index in [1.54, 1.807) is 0 Å². The van der Waals surface area contributed by atoms with Crippen molar-refractivity contribution in [3.8, 4) is 11.3 Å². The average molecular weight is 628 g/mol. The van der Waals surface area contributed by atoms with Gasteiger partial charge in [-0.3, -0.25) is 16.6 Å². The standard InChI is InChI=1S/C22H28FN3O6S.2C2H7N3/c1-13(2)20-18(10-9-16(27)11-17(28)12-19(29)30)21(14-5-7-15(23)8-6-14)25-22(24-20)26(3)33(4,31)32;2*3-1-2(4)5/h5-10,13,16-17,27-28H,11-12H2,1-4H3,(H,29,30);2*1,3H2,(H3,4,5)/b10-9+;;/t16-,17+;;/m0../s1. The molecule has 0 fully saturated rings. The van der Waals surface area contributed by atoms with Crippen LogP contribution in [0.4, 0.5) is 10.3 Å². The Morgan fingerprint density at radius 3 is 2.07 bits per heavy atom. The second kappa shape index (κ2) is 18.5. The molecule has 0 bridgehead atoms. The number of aliphatic hydroxyl groups excluding tert-OH is 2. The van der Waals surface area contributed by atoms with Gasteiger partial charge < -0.3 is 37.3 Å². The lowest BCUT2D eigenvalue weighted by atomic mass is 9.97. The number of hydrogen-bond donors (Lipinski definition) is 8. The molecule has 0 aliphatic rings. The lowest BCUT2D eigenvalue weighted by Gasteiger charge is -2.20. The van der Waals surface area contributed by atoms with Crippen LogP contribution in [0.15, 0.2) is 30.3 Å². The van der Waals surface area contributed by atoms with E-state index in [0.29, 0.717) is 22.5 Å². The third-order valence-corrected chi connectivity index (χ3v) is 6.42. The maximum atomic E-state index is 13.5. The van der Waals surface area contributed by atoms with Crippen LogP contribution in [0.25, 0.3) is 17.3 Å². The minimum atomic E-state index is -3.66. The number of aliphatic hydroxyl groups is 2. The van der Waals surface area contributed by atoms with Crippen LogP contribution in [0, 0.1) is 11.2 Å². The second-order valence-electron chi connectivity index (χ2n) is 9.46. The molecule has 2 atom stereocenters. The number of amidine groups is 2. The molecule has 0 radical (unpaired) electrons. The van der Waals surface area contributed by atoms with Gasteiger partial charge in [-0.15, -0.1) is 0 Å². The summed E-state index contributed by atoms with van der Waals surface area (Å²) >= 11 is 0. The Labute approximate surface area is 250 Å². The molecule has 0 saturated carbocycles. The largest absolute Gasteiger partial charge is 0.550 e. The molecule has 17 heteroatoms. The Morgan fingerprint density at radius 2 is 1.67 bits per heavy atom. The van der Waals surface area contributed by atoms with Gasteiger partial charge in [0.1, 0.15) is 11.7 Å². The number of nitrogens with two attached hydrogens (primary N) is 5. The Balaban J connectivity index is 0.00000152. The number of aromatic nitrogens is 2. The van der Waals surface area contributed by atoms with Gasteiger partial charge in [0.25, 0.3) is 5.84 Å². The molecular weight excluding hydrogens is 585 g/mol. The predicted molar refractivity (Wildman–Crippen MR) is 161 cm³/mol. The van der Waals surface area contributed by atoms with Crippen LogP contribution in [0.2, 0.25) is 0 Å². The Bertz CT molecular complexity index is 1340. The van der Waals surface area contributed by atoms with Gasteiger partial charge >= 0.3 is 0 Å². The van der Waals surface area contributed by atoms with Crippen LogP contribution in [0.3, 0.4) is 0 Å². The highest BCUT2D eigenvalue weighted by Gasteiger charge is 2.22. The molecule has 1 aromatic heterocycles. The van der Waals surface area contributed by atoms with Crippen molar-refractivity contribution in [1.29, 1.82) is 5.41 Å². The van der Waals surface area contributed by atoms with E-state index < -0.39 is 40.4 Å². The van der Waals surface area contributed by atoms with E-state index in [1.807, 2.05) is 13.8 Å². The lowest BCUT2D eigenvalue weighted by molar-refractivity contribution is -0.307. The number of anilines is 1. The number of nitrogens with one attached hydrogen (secondary N) is 1. The molecule has 0 amide bonds. The van der Waals surface area contributed by atoms with Crippen molar-refractivity contribution < 1.29 is 38.3 Å². The van der Waals surface area contributed by atoms with E-state index in [9.17, 15) is 32.9 Å². The smallest absolute Gasteiger partial charge is 0.252 e. The first-order valence-electron chi connectivity index (χ1n) is 12.8. The third-order valence-electron chi connectivity index (χ3n) is 5.26. The molecule has 2 aromatic rings. The summed E-state index contributed by atoms with van der Waals surface area (Å²) in [6.07, 6.45) is 0.578. The number of aliphatic carboxylic acids is 1. The molecule has 0 spiro atoms. The summed E-state index contributed by atoms with van der Waals surface area (Å²) in [6.45, 7) is 4.14. The van der Waals surface area contributed by atoms with Crippen LogP contribution in [0.1, 0.15) is 43.9 Å². The van der Waals surface area contributed by atoms with Crippen molar-refractivity contribution in [2.75, 3.05) is 30.7 Å². The second-order valence-corrected chi connectivity index (χ2v) is 11.5. The number of carbonyl (C=O) groups excluding carboxylic acids is 1. The normalized spacial score (nSPS) is 12.4. The van der Waals surface area contributed by atoms with Crippen molar-refractivity contribution in [2.24, 2.45) is 22.9 Å². The molecule has 0 saturated heterocycles. The van der Waals surface area contributed by atoms with E-state index in [2.05, 4.69) is 9.97 Å². The quantitative estimate of drug-likeness (QED) is 0.0863. The summed E-state index contributed by atoms with van der Waals surface area (Å²) in [7, 11) is -2.34. The number of sulfonamides is 1. The van der Waals surface area contributed by atoms with Gasteiger partial charge in [-0.1, -0.05) is 26.0 Å². The van der Waals surface area contributed by atoms with E-state index in [0.717, 1.165) is 10.6 Å². The van der Waals surface area contributed by atoms with E-state index in [1.165, 1.54) is 43.5 Å². The fourth-order valence-electron chi connectivity index (χ4n) is 3.04. The Hall–Kier alpha value is -4.03. The molecule has 15 nitrogen and oxygen atoms in total. The summed E-state index contributed by atoms with van der Waals surface area (Å²) in [5.74, 6) is -1.82. The number of carboxylic acid groups (broad SMARTS) is 1. The summed E-state index contributed by atoms with van der Waals surface area (Å²) in [5.41, 5.74) is 21.1. The molecule has 43 heavy (non-hydrogen) atoms. The molecule has 240 valence electrons. The van der Waals surface area contributed by atoms with Gasteiger partial charge in [-0.25, -0.2) is 27.1 Å². The van der Waals surface area contributed by atoms with Crippen LogP contribution in [-0.2, 0) is 14.8 Å². The summed E-state index contributed by atoms with van der Waals surface area (Å²) in [5, 5.41) is 41.8. The number of benzene rings is 1. The highest BCUT2D eigenvalue weighted by molar-refractivity contribution is 7.92. The summed E-state index contributed by atoms with van der Waals surface area (Å²) in [6, 6.07) is 5.46. The van der Waals surface area contributed by atoms with E-state index in [4.69, 9.17) is 33.8 Å². The zero-order valence-corrected chi connectivity index (χ0v) is 25.4. The van der Waals surface area contributed by atoms with Gasteiger partial charge in [0.2, 0.25) is 16.0 Å². The average Bonchev–Trinajstić information content (AvgIpc) is 2.91. The van der Waals surface area contributed by atoms with Crippen LogP contribution in [0.5, 0.6) is 0 Å². The van der Waals surface area contributed by atoms with Gasteiger partial charge in [0, 0.05) is 37.0 Å². The minimum Gasteiger partial charge on any atom is -0.550 e. The lowest BCUT2D eigenvalue weighted by Crippen LogP contribution is -2.49. The van der Waals surface area contributed by atoms with Crippen molar-refractivity contribution in [3.63, 3.8) is 0 Å². The minimum absolute atomic E-state index is 0.0324. The SMILES string of the molecule is CC(C)c1nc(N(C)S(C)(=O)=O)nc(-c2ccc(F)cc2)c1/C=C/[C@H](O)C[C@@H](O)CC(=O)[O-].N=C(N)CN.NCC(N)=[NH2+]. The first-order valence-corrected chi connectivity index (χ1v) is 14.6. The van der Waals surface area contributed by atoms with Gasteiger partial charge in [0.15, 0.2) is 0 Å². The fraction of sp³-hybridized carbons (Fsp3) is 0.423. The highest BCUT2D eigenvalue weighted by atomic mass is 32.2. The van der Waals surface area contributed by atoms with E-state index in [-0.39, 0.29) is 43.0 Å². The van der Waals surface area contributed by atoms with Crippen molar-refractivity contribution >= 4 is 39.7 Å². The molecule has 0 unspecified atom stereocenters. The highest BCUT2D eigenvalue weighted by Crippen LogP contribution is 2.31. The molecule has 2 rings (SSSR count). The van der Waals surface area contributed by atoms with Crippen LogP contribution >= 0.6 is 0 Å². The fourth-order valence-corrected chi connectivity index (χ4v) is 3.41. The maximum Gasteiger partial charge on any atom is 0.252 e. The van der Waals surface area contributed by atoms with Crippen molar-refractivity contribution in [3.05, 3.63) is 47.4 Å². The number of rotatable bonds is 12. The van der Waals surface area contributed by atoms with Crippen LogP contribution in [-0.4, -0.2) is 84.8 Å². The molecule has 0 aliphatic heterocycles. The molecule has 13 N–H and O–H groups in total. The monoisotopic (exact) mass is 627 g/mol. The Morgan fingerprint density at radius 1 is 1.16 bits per heavy atom. The maximum absolute atomic E-state index is 13.5. The number of halogens is 1. The first kappa shape index (κ1) is 39.0. The first-order chi connectivity index (χ1) is 19.8. The van der Waals surface area contributed by atoms with E-state index >= 15 is 0 Å². The van der Waals surface area contributed by atoms with Crippen molar-refractivity contribution in [2.45, 2.75) is 44.8 Å². The zero-order valence-electron chi connectivity index (χ0n) is 24.6. The number of carbonyl (C=O) groups is 1. The summed E-state index contributed by atoms with van der Waals surface area (Å²) < 4.78 is 38.6. The number of nitrogens with zero attached hydrogens (tertiary/aromatic N) is 3. The topological polar surface area (TPSA) is 297 Å². The van der Waals surface area contributed by atoms with Crippen molar-refractivity contribution in [1.82, 2.24) is 9.97 Å². The predicted octanol–water partition coefficient (Wildman–Crippen LogP) is -2.99. The molecule has 0 aliphatic carbocycles. The molecular formula is C26H42FN9O6S.